The van der Waals surface area contributed by atoms with Crippen molar-refractivity contribution in [1.82, 2.24) is 5.32 Å². The molecule has 0 spiro atoms. The van der Waals surface area contributed by atoms with Crippen molar-refractivity contribution in [2.75, 3.05) is 5.32 Å². The Balaban J connectivity index is 1.66. The molecule has 1 aliphatic carbocycles. The summed E-state index contributed by atoms with van der Waals surface area (Å²) in [5.74, 6) is -1.64. The topological polar surface area (TPSA) is 95.5 Å². The van der Waals surface area contributed by atoms with Gasteiger partial charge in [0.25, 0.3) is 11.8 Å². The molecular formula is C21H22N2O4. The molecule has 0 heterocycles. The van der Waals surface area contributed by atoms with E-state index in [4.69, 9.17) is 0 Å². The van der Waals surface area contributed by atoms with Gasteiger partial charge >= 0.3 is 5.97 Å². The van der Waals surface area contributed by atoms with Crippen molar-refractivity contribution in [2.45, 2.75) is 37.6 Å². The minimum atomic E-state index is -1.18. The van der Waals surface area contributed by atoms with Crippen LogP contribution in [0.4, 0.5) is 5.69 Å². The van der Waals surface area contributed by atoms with Crippen LogP contribution in [0.15, 0.2) is 54.6 Å². The van der Waals surface area contributed by atoms with E-state index >= 15 is 0 Å². The van der Waals surface area contributed by atoms with E-state index in [1.54, 1.807) is 48.5 Å². The maximum absolute atomic E-state index is 12.5. The van der Waals surface area contributed by atoms with E-state index in [1.165, 1.54) is 0 Å². The van der Waals surface area contributed by atoms with Gasteiger partial charge in [-0.2, -0.15) is 0 Å². The van der Waals surface area contributed by atoms with Gasteiger partial charge in [-0.15, -0.1) is 0 Å². The van der Waals surface area contributed by atoms with Crippen molar-refractivity contribution in [2.24, 2.45) is 0 Å². The van der Waals surface area contributed by atoms with Crippen molar-refractivity contribution < 1.29 is 19.5 Å². The van der Waals surface area contributed by atoms with Crippen molar-refractivity contribution in [3.05, 3.63) is 65.7 Å². The molecule has 0 radical (unpaired) electrons. The summed E-state index contributed by atoms with van der Waals surface area (Å²) in [5.41, 5.74) is 0.278. The highest BCUT2D eigenvalue weighted by atomic mass is 16.4. The van der Waals surface area contributed by atoms with Gasteiger partial charge in [-0.25, -0.2) is 4.79 Å². The van der Waals surface area contributed by atoms with Crippen LogP contribution in [0.5, 0.6) is 0 Å². The molecule has 0 atom stereocenters. The van der Waals surface area contributed by atoms with Crippen LogP contribution in [0.25, 0.3) is 0 Å². The predicted octanol–water partition coefficient (Wildman–Crippen LogP) is 3.46. The molecule has 6 heteroatoms. The number of anilines is 1. The van der Waals surface area contributed by atoms with Gasteiger partial charge in [0.2, 0.25) is 0 Å². The molecule has 2 aromatic rings. The number of carbonyl (C=O) groups is 3. The molecule has 0 unspecified atom stereocenters. The Morgan fingerprint density at radius 3 is 1.96 bits per heavy atom. The smallest absolute Gasteiger partial charge is 0.329 e. The fraction of sp³-hybridized carbons (Fsp3) is 0.286. The highest BCUT2D eigenvalue weighted by Crippen LogP contribution is 2.29. The number of nitrogens with one attached hydrogen (secondary N) is 2. The molecule has 0 aromatic heterocycles. The molecule has 0 aliphatic heterocycles. The summed E-state index contributed by atoms with van der Waals surface area (Å²) in [6.45, 7) is 0. The number of carbonyl (C=O) groups excluding carboxylic acids is 2. The minimum absolute atomic E-state index is 0.236. The lowest BCUT2D eigenvalue weighted by atomic mass is 9.81. The zero-order valence-electron chi connectivity index (χ0n) is 14.9. The molecular weight excluding hydrogens is 344 g/mol. The van der Waals surface area contributed by atoms with Gasteiger partial charge < -0.3 is 15.7 Å². The Bertz CT molecular complexity index is 825. The molecule has 3 rings (SSSR count). The fourth-order valence-corrected chi connectivity index (χ4v) is 3.33. The summed E-state index contributed by atoms with van der Waals surface area (Å²) in [4.78, 5) is 36.4. The van der Waals surface area contributed by atoms with Crippen LogP contribution in [0, 0.1) is 0 Å². The standard InChI is InChI=1S/C21H22N2O4/c24-18(15-7-3-1-4-8-15)22-17-11-9-16(10-12-17)19(25)23-21(20(26)27)13-5-2-6-14-21/h1,3-4,7-12H,2,5-6,13-14H2,(H,22,24)(H,23,25)(H,26,27). The molecule has 27 heavy (non-hydrogen) atoms. The van der Waals surface area contributed by atoms with Crippen molar-refractivity contribution in [3.8, 4) is 0 Å². The molecule has 1 saturated carbocycles. The number of carboxylic acids is 1. The van der Waals surface area contributed by atoms with Crippen molar-refractivity contribution >= 4 is 23.5 Å². The summed E-state index contributed by atoms with van der Waals surface area (Å²) >= 11 is 0. The summed E-state index contributed by atoms with van der Waals surface area (Å²) < 4.78 is 0. The van der Waals surface area contributed by atoms with E-state index in [9.17, 15) is 19.5 Å². The SMILES string of the molecule is O=C(Nc1ccc(C(=O)NC2(C(=O)O)CCCCC2)cc1)c1ccccc1. The maximum Gasteiger partial charge on any atom is 0.329 e. The first-order valence-electron chi connectivity index (χ1n) is 9.03. The quantitative estimate of drug-likeness (QED) is 0.755. The average Bonchev–Trinajstić information content (AvgIpc) is 2.69. The van der Waals surface area contributed by atoms with E-state index in [0.29, 0.717) is 29.7 Å². The van der Waals surface area contributed by atoms with E-state index in [2.05, 4.69) is 10.6 Å². The first-order valence-corrected chi connectivity index (χ1v) is 9.03. The Kier molecular flexibility index (Phi) is 5.54. The molecule has 0 saturated heterocycles. The number of rotatable bonds is 5. The minimum Gasteiger partial charge on any atom is -0.480 e. The van der Waals surface area contributed by atoms with Crippen molar-refractivity contribution in [1.29, 1.82) is 0 Å². The lowest BCUT2D eigenvalue weighted by Crippen LogP contribution is -2.55. The predicted molar refractivity (Wildman–Crippen MR) is 102 cm³/mol. The molecule has 6 nitrogen and oxygen atoms in total. The molecule has 2 amide bonds. The third kappa shape index (κ3) is 4.34. The zero-order chi connectivity index (χ0) is 19.3. The second kappa shape index (κ2) is 8.03. The van der Waals surface area contributed by atoms with Crippen LogP contribution >= 0.6 is 0 Å². The van der Waals surface area contributed by atoms with Crippen LogP contribution < -0.4 is 10.6 Å². The van der Waals surface area contributed by atoms with Crippen LogP contribution in [0.2, 0.25) is 0 Å². The number of carboxylic acid groups (broad SMARTS) is 1. The molecule has 1 fully saturated rings. The second-order valence-electron chi connectivity index (χ2n) is 6.80. The van der Waals surface area contributed by atoms with Crippen LogP contribution in [0.1, 0.15) is 52.8 Å². The number of hydrogen-bond acceptors (Lipinski definition) is 3. The lowest BCUT2D eigenvalue weighted by molar-refractivity contribution is -0.145. The third-order valence-electron chi connectivity index (χ3n) is 4.91. The van der Waals surface area contributed by atoms with Crippen molar-refractivity contribution in [3.63, 3.8) is 0 Å². The Labute approximate surface area is 157 Å². The van der Waals surface area contributed by atoms with Crippen LogP contribution in [-0.2, 0) is 4.79 Å². The van der Waals surface area contributed by atoms with E-state index < -0.39 is 17.4 Å². The first kappa shape index (κ1) is 18.6. The summed E-state index contributed by atoms with van der Waals surface area (Å²) in [5, 5.41) is 15.0. The van der Waals surface area contributed by atoms with Gasteiger partial charge in [0.05, 0.1) is 0 Å². The van der Waals surface area contributed by atoms with Crippen LogP contribution in [0.3, 0.4) is 0 Å². The summed E-state index contributed by atoms with van der Waals surface area (Å²) in [6, 6.07) is 15.2. The fourth-order valence-electron chi connectivity index (χ4n) is 3.33. The number of hydrogen-bond donors (Lipinski definition) is 3. The molecule has 0 bridgehead atoms. The monoisotopic (exact) mass is 366 g/mol. The zero-order valence-corrected chi connectivity index (χ0v) is 14.9. The first-order chi connectivity index (χ1) is 13.0. The number of benzene rings is 2. The molecule has 1 aliphatic rings. The molecule has 3 N–H and O–H groups in total. The lowest BCUT2D eigenvalue weighted by Gasteiger charge is -2.34. The van der Waals surface area contributed by atoms with Gasteiger partial charge in [-0.3, -0.25) is 9.59 Å². The van der Waals surface area contributed by atoms with Gasteiger partial charge in [0.15, 0.2) is 0 Å². The second-order valence-corrected chi connectivity index (χ2v) is 6.80. The highest BCUT2D eigenvalue weighted by molar-refractivity contribution is 6.04. The summed E-state index contributed by atoms with van der Waals surface area (Å²) in [6.07, 6.45) is 3.45. The Morgan fingerprint density at radius 2 is 1.37 bits per heavy atom. The molecule has 140 valence electrons. The number of aliphatic carboxylic acids is 1. The normalized spacial score (nSPS) is 15.6. The van der Waals surface area contributed by atoms with Gasteiger partial charge in [0, 0.05) is 16.8 Å². The highest BCUT2D eigenvalue weighted by Gasteiger charge is 2.41. The molecule has 2 aromatic carbocycles. The van der Waals surface area contributed by atoms with Crippen LogP contribution in [-0.4, -0.2) is 28.4 Å². The van der Waals surface area contributed by atoms with Gasteiger partial charge in [0.1, 0.15) is 5.54 Å². The largest absolute Gasteiger partial charge is 0.480 e. The van der Waals surface area contributed by atoms with E-state index in [0.717, 1.165) is 19.3 Å². The summed E-state index contributed by atoms with van der Waals surface area (Å²) in [7, 11) is 0. The number of amides is 2. The van der Waals surface area contributed by atoms with Gasteiger partial charge in [-0.05, 0) is 49.2 Å². The van der Waals surface area contributed by atoms with Gasteiger partial charge in [-0.1, -0.05) is 37.5 Å². The maximum atomic E-state index is 12.5. The van der Waals surface area contributed by atoms with E-state index in [-0.39, 0.29) is 5.91 Å². The Morgan fingerprint density at radius 1 is 0.778 bits per heavy atom. The average molecular weight is 366 g/mol. The Hall–Kier alpha value is -3.15. The van der Waals surface area contributed by atoms with E-state index in [1.807, 2.05) is 6.07 Å². The third-order valence-corrected chi connectivity index (χ3v) is 4.91.